The molecule has 1 saturated heterocycles. The number of nitrogens with one attached hydrogen (secondary N) is 1. The molecule has 1 aromatic heterocycles. The second-order valence-corrected chi connectivity index (χ2v) is 4.17. The standard InChI is InChI=1S/C10H13BrN2O/c1-7-2-3-13-10(11)9(7)8-6-14-5-4-12-8/h2-3,8,12H,4-6H2,1H3/t8-/m0/s1. The number of hydrogen-bond donors (Lipinski definition) is 1. The van der Waals surface area contributed by atoms with Crippen LogP contribution >= 0.6 is 15.9 Å². The van der Waals surface area contributed by atoms with Crippen molar-refractivity contribution in [3.63, 3.8) is 0 Å². The van der Waals surface area contributed by atoms with Crippen LogP contribution in [0.5, 0.6) is 0 Å². The van der Waals surface area contributed by atoms with Crippen LogP contribution in [0.1, 0.15) is 17.2 Å². The third kappa shape index (κ3) is 1.97. The molecule has 1 aliphatic heterocycles. The molecule has 1 fully saturated rings. The molecule has 1 aliphatic rings. The number of pyridine rings is 1. The molecule has 0 bridgehead atoms. The minimum absolute atomic E-state index is 0.270. The van der Waals surface area contributed by atoms with Crippen LogP contribution in [0.25, 0.3) is 0 Å². The van der Waals surface area contributed by atoms with Crippen molar-refractivity contribution in [2.24, 2.45) is 0 Å². The lowest BCUT2D eigenvalue weighted by Crippen LogP contribution is -2.35. The summed E-state index contributed by atoms with van der Waals surface area (Å²) in [7, 11) is 0. The molecule has 2 rings (SSSR count). The van der Waals surface area contributed by atoms with E-state index in [9.17, 15) is 0 Å². The predicted molar refractivity (Wildman–Crippen MR) is 58.2 cm³/mol. The summed E-state index contributed by atoms with van der Waals surface area (Å²) in [5.74, 6) is 0. The summed E-state index contributed by atoms with van der Waals surface area (Å²) in [4.78, 5) is 4.24. The molecule has 0 amide bonds. The Kier molecular flexibility index (Phi) is 3.15. The molecular formula is C10H13BrN2O. The number of hydrogen-bond acceptors (Lipinski definition) is 3. The van der Waals surface area contributed by atoms with Gasteiger partial charge >= 0.3 is 0 Å². The molecule has 0 radical (unpaired) electrons. The van der Waals surface area contributed by atoms with Crippen molar-refractivity contribution in [3.05, 3.63) is 28.0 Å². The van der Waals surface area contributed by atoms with Gasteiger partial charge in [0.15, 0.2) is 0 Å². The van der Waals surface area contributed by atoms with Crippen LogP contribution in [0.4, 0.5) is 0 Å². The summed E-state index contributed by atoms with van der Waals surface area (Å²) in [6.07, 6.45) is 1.81. The maximum atomic E-state index is 5.44. The first-order valence-electron chi connectivity index (χ1n) is 4.71. The molecular weight excluding hydrogens is 244 g/mol. The Balaban J connectivity index is 2.29. The number of aromatic nitrogens is 1. The average molecular weight is 257 g/mol. The van der Waals surface area contributed by atoms with E-state index < -0.39 is 0 Å². The van der Waals surface area contributed by atoms with Crippen molar-refractivity contribution < 1.29 is 4.74 Å². The summed E-state index contributed by atoms with van der Waals surface area (Å²) in [5.41, 5.74) is 2.46. The largest absolute Gasteiger partial charge is 0.378 e. The Labute approximate surface area is 92.0 Å². The average Bonchev–Trinajstić information content (AvgIpc) is 2.19. The summed E-state index contributed by atoms with van der Waals surface area (Å²) in [6.45, 7) is 4.53. The summed E-state index contributed by atoms with van der Waals surface area (Å²) in [6, 6.07) is 2.29. The van der Waals surface area contributed by atoms with Gasteiger partial charge in [-0.25, -0.2) is 4.98 Å². The van der Waals surface area contributed by atoms with E-state index in [0.29, 0.717) is 0 Å². The molecule has 0 aromatic carbocycles. The number of morpholine rings is 1. The van der Waals surface area contributed by atoms with E-state index in [-0.39, 0.29) is 6.04 Å². The van der Waals surface area contributed by atoms with Gasteiger partial charge in [-0.05, 0) is 34.5 Å². The van der Waals surface area contributed by atoms with E-state index >= 15 is 0 Å². The van der Waals surface area contributed by atoms with Gasteiger partial charge in [0, 0.05) is 18.3 Å². The maximum absolute atomic E-state index is 5.44. The smallest absolute Gasteiger partial charge is 0.111 e. The molecule has 0 saturated carbocycles. The van der Waals surface area contributed by atoms with Crippen molar-refractivity contribution in [1.82, 2.24) is 10.3 Å². The van der Waals surface area contributed by atoms with Crippen LogP contribution in [0.15, 0.2) is 16.9 Å². The van der Waals surface area contributed by atoms with Gasteiger partial charge in [0.2, 0.25) is 0 Å². The van der Waals surface area contributed by atoms with Gasteiger partial charge in [0.1, 0.15) is 4.60 Å². The molecule has 14 heavy (non-hydrogen) atoms. The summed E-state index contributed by atoms with van der Waals surface area (Å²) in [5, 5.41) is 3.42. The zero-order valence-electron chi connectivity index (χ0n) is 8.09. The second-order valence-electron chi connectivity index (χ2n) is 3.41. The Morgan fingerprint density at radius 3 is 3.14 bits per heavy atom. The molecule has 0 unspecified atom stereocenters. The van der Waals surface area contributed by atoms with Crippen LogP contribution in [0, 0.1) is 6.92 Å². The molecule has 0 aliphatic carbocycles. The Morgan fingerprint density at radius 1 is 1.64 bits per heavy atom. The van der Waals surface area contributed by atoms with Gasteiger partial charge in [-0.1, -0.05) is 0 Å². The zero-order valence-corrected chi connectivity index (χ0v) is 9.67. The predicted octanol–water partition coefficient (Wildman–Crippen LogP) is 1.81. The molecule has 4 heteroatoms. The van der Waals surface area contributed by atoms with Crippen LogP contribution < -0.4 is 5.32 Å². The van der Waals surface area contributed by atoms with Crippen LogP contribution in [-0.2, 0) is 4.74 Å². The van der Waals surface area contributed by atoms with Crippen molar-refractivity contribution >= 4 is 15.9 Å². The van der Waals surface area contributed by atoms with E-state index in [1.807, 2.05) is 12.3 Å². The molecule has 1 atom stereocenters. The molecule has 1 aromatic rings. The van der Waals surface area contributed by atoms with E-state index in [4.69, 9.17) is 4.74 Å². The number of ether oxygens (including phenoxy) is 1. The second kappa shape index (κ2) is 4.38. The first-order valence-corrected chi connectivity index (χ1v) is 5.50. The van der Waals surface area contributed by atoms with Crippen LogP contribution in [0.2, 0.25) is 0 Å². The van der Waals surface area contributed by atoms with Crippen molar-refractivity contribution in [2.75, 3.05) is 19.8 Å². The van der Waals surface area contributed by atoms with Gasteiger partial charge in [-0.2, -0.15) is 0 Å². The first kappa shape index (κ1) is 10.1. The van der Waals surface area contributed by atoms with Gasteiger partial charge in [0.05, 0.1) is 19.3 Å². The van der Waals surface area contributed by atoms with Gasteiger partial charge in [0.25, 0.3) is 0 Å². The minimum Gasteiger partial charge on any atom is -0.378 e. The Bertz CT molecular complexity index is 304. The monoisotopic (exact) mass is 256 g/mol. The number of rotatable bonds is 1. The van der Waals surface area contributed by atoms with E-state index in [1.54, 1.807) is 0 Å². The molecule has 3 nitrogen and oxygen atoms in total. The molecule has 76 valence electrons. The van der Waals surface area contributed by atoms with Crippen LogP contribution in [0.3, 0.4) is 0 Å². The topological polar surface area (TPSA) is 34.1 Å². The summed E-state index contributed by atoms with van der Waals surface area (Å²) < 4.78 is 6.35. The fourth-order valence-electron chi connectivity index (χ4n) is 1.71. The normalized spacial score (nSPS) is 22.3. The lowest BCUT2D eigenvalue weighted by molar-refractivity contribution is 0.0763. The van der Waals surface area contributed by atoms with Crippen molar-refractivity contribution in [1.29, 1.82) is 0 Å². The quantitative estimate of drug-likeness (QED) is 0.779. The Hall–Kier alpha value is -0.450. The van der Waals surface area contributed by atoms with E-state index in [2.05, 4.69) is 33.2 Å². The molecule has 2 heterocycles. The molecule has 1 N–H and O–H groups in total. The third-order valence-electron chi connectivity index (χ3n) is 2.43. The lowest BCUT2D eigenvalue weighted by atomic mass is 10.0. The highest BCUT2D eigenvalue weighted by Crippen LogP contribution is 2.25. The zero-order chi connectivity index (χ0) is 9.97. The van der Waals surface area contributed by atoms with E-state index in [0.717, 1.165) is 24.4 Å². The lowest BCUT2D eigenvalue weighted by Gasteiger charge is -2.25. The third-order valence-corrected chi connectivity index (χ3v) is 3.06. The van der Waals surface area contributed by atoms with Crippen molar-refractivity contribution in [2.45, 2.75) is 13.0 Å². The van der Waals surface area contributed by atoms with Crippen molar-refractivity contribution in [3.8, 4) is 0 Å². The van der Waals surface area contributed by atoms with E-state index in [1.165, 1.54) is 11.1 Å². The fraction of sp³-hybridized carbons (Fsp3) is 0.500. The maximum Gasteiger partial charge on any atom is 0.111 e. The number of aryl methyl sites for hydroxylation is 1. The number of halogens is 1. The SMILES string of the molecule is Cc1ccnc(Br)c1[C@@H]1COCCN1. The minimum atomic E-state index is 0.270. The highest BCUT2D eigenvalue weighted by molar-refractivity contribution is 9.10. The van der Waals surface area contributed by atoms with Gasteiger partial charge in [-0.15, -0.1) is 0 Å². The Morgan fingerprint density at radius 2 is 2.50 bits per heavy atom. The molecule has 0 spiro atoms. The highest BCUT2D eigenvalue weighted by Gasteiger charge is 2.19. The highest BCUT2D eigenvalue weighted by atomic mass is 79.9. The van der Waals surface area contributed by atoms with Crippen LogP contribution in [-0.4, -0.2) is 24.7 Å². The summed E-state index contributed by atoms with van der Waals surface area (Å²) >= 11 is 3.48. The fourth-order valence-corrected chi connectivity index (χ4v) is 2.41. The first-order chi connectivity index (χ1) is 6.79. The van der Waals surface area contributed by atoms with Gasteiger partial charge < -0.3 is 10.1 Å². The van der Waals surface area contributed by atoms with Gasteiger partial charge in [-0.3, -0.25) is 0 Å². The number of nitrogens with zero attached hydrogens (tertiary/aromatic N) is 1.